The van der Waals surface area contributed by atoms with Crippen LogP contribution >= 0.6 is 23.2 Å². The monoisotopic (exact) mass is 322 g/mol. The van der Waals surface area contributed by atoms with E-state index >= 15 is 0 Å². The number of nitrogens with one attached hydrogen (secondary N) is 1. The van der Waals surface area contributed by atoms with Gasteiger partial charge in [0.05, 0.1) is 32.3 Å². The first kappa shape index (κ1) is 13.7. The standard InChI is InChI=1S/C14H8Cl2N2O3/c15-8-2-1-3-10(12(8)16)18-11-6-7(13(19)20)4-5-9(11)17-14(18)21/h1-6H,(H,17,21)(H,19,20). The molecule has 0 radical (unpaired) electrons. The molecule has 3 rings (SSSR count). The van der Waals surface area contributed by atoms with Crippen LogP contribution < -0.4 is 5.69 Å². The topological polar surface area (TPSA) is 75.1 Å². The number of nitrogens with zero attached hydrogens (tertiary/aromatic N) is 1. The second-order valence-electron chi connectivity index (χ2n) is 4.38. The van der Waals surface area contributed by atoms with Crippen molar-refractivity contribution < 1.29 is 9.90 Å². The molecule has 0 amide bonds. The van der Waals surface area contributed by atoms with Crippen LogP contribution in [0, 0.1) is 0 Å². The molecule has 2 aromatic carbocycles. The van der Waals surface area contributed by atoms with E-state index in [-0.39, 0.29) is 10.6 Å². The van der Waals surface area contributed by atoms with Gasteiger partial charge in [-0.2, -0.15) is 0 Å². The number of carbonyl (C=O) groups is 1. The minimum Gasteiger partial charge on any atom is -0.478 e. The van der Waals surface area contributed by atoms with Gasteiger partial charge >= 0.3 is 11.7 Å². The van der Waals surface area contributed by atoms with Gasteiger partial charge in [-0.25, -0.2) is 9.59 Å². The Bertz CT molecular complexity index is 928. The van der Waals surface area contributed by atoms with Crippen LogP contribution in [-0.2, 0) is 0 Å². The third-order valence-corrected chi connectivity index (χ3v) is 3.91. The first-order chi connectivity index (χ1) is 9.99. The van der Waals surface area contributed by atoms with E-state index in [9.17, 15) is 9.59 Å². The van der Waals surface area contributed by atoms with Gasteiger partial charge in [0.25, 0.3) is 0 Å². The molecule has 0 saturated carbocycles. The fourth-order valence-electron chi connectivity index (χ4n) is 2.14. The summed E-state index contributed by atoms with van der Waals surface area (Å²) in [5.41, 5.74) is 0.984. The van der Waals surface area contributed by atoms with Crippen LogP contribution in [0.15, 0.2) is 41.2 Å². The fraction of sp³-hybridized carbons (Fsp3) is 0. The number of imidazole rings is 1. The summed E-state index contributed by atoms with van der Waals surface area (Å²) < 4.78 is 1.30. The summed E-state index contributed by atoms with van der Waals surface area (Å²) >= 11 is 12.1. The molecule has 21 heavy (non-hydrogen) atoms. The highest BCUT2D eigenvalue weighted by atomic mass is 35.5. The van der Waals surface area contributed by atoms with Gasteiger partial charge in [0.15, 0.2) is 0 Å². The van der Waals surface area contributed by atoms with E-state index in [0.717, 1.165) is 0 Å². The average molecular weight is 323 g/mol. The van der Waals surface area contributed by atoms with Gasteiger partial charge < -0.3 is 10.1 Å². The molecule has 0 fully saturated rings. The molecule has 1 aromatic heterocycles. The van der Waals surface area contributed by atoms with E-state index in [1.165, 1.54) is 22.8 Å². The van der Waals surface area contributed by atoms with Crippen molar-refractivity contribution in [3.05, 3.63) is 62.5 Å². The van der Waals surface area contributed by atoms with Gasteiger partial charge in [-0.1, -0.05) is 29.3 Å². The summed E-state index contributed by atoms with van der Waals surface area (Å²) in [6.07, 6.45) is 0. The smallest absolute Gasteiger partial charge is 0.335 e. The van der Waals surface area contributed by atoms with Gasteiger partial charge in [0.2, 0.25) is 0 Å². The maximum absolute atomic E-state index is 12.1. The SMILES string of the molecule is O=C(O)c1ccc2[nH]c(=O)n(-c3cccc(Cl)c3Cl)c2c1. The Kier molecular flexibility index (Phi) is 3.23. The maximum atomic E-state index is 12.1. The molecule has 7 heteroatoms. The lowest BCUT2D eigenvalue weighted by Crippen LogP contribution is -2.15. The number of carboxylic acid groups (broad SMARTS) is 1. The zero-order valence-corrected chi connectivity index (χ0v) is 11.9. The molecule has 0 aliphatic carbocycles. The number of fused-ring (bicyclic) bond motifs is 1. The molecule has 0 unspecified atom stereocenters. The summed E-state index contributed by atoms with van der Waals surface area (Å²) in [5, 5.41) is 9.60. The van der Waals surface area contributed by atoms with Gasteiger partial charge in [-0.3, -0.25) is 4.57 Å². The normalized spacial score (nSPS) is 11.0. The van der Waals surface area contributed by atoms with Gasteiger partial charge in [0, 0.05) is 0 Å². The zero-order valence-electron chi connectivity index (χ0n) is 10.4. The van der Waals surface area contributed by atoms with Crippen LogP contribution in [0.4, 0.5) is 0 Å². The molecular formula is C14H8Cl2N2O3. The molecule has 0 saturated heterocycles. The fourth-order valence-corrected chi connectivity index (χ4v) is 2.52. The molecule has 0 aliphatic rings. The molecule has 0 atom stereocenters. The zero-order chi connectivity index (χ0) is 15.1. The molecule has 5 nitrogen and oxygen atoms in total. The Labute approximate surface area is 128 Å². The molecule has 1 heterocycles. The number of aromatic carboxylic acids is 1. The van der Waals surface area contributed by atoms with Gasteiger partial charge in [0.1, 0.15) is 0 Å². The van der Waals surface area contributed by atoms with Crippen molar-refractivity contribution >= 4 is 40.2 Å². The van der Waals surface area contributed by atoms with Crippen LogP contribution in [0.25, 0.3) is 16.7 Å². The van der Waals surface area contributed by atoms with Crippen LogP contribution in [0.3, 0.4) is 0 Å². The summed E-state index contributed by atoms with van der Waals surface area (Å²) in [6, 6.07) is 9.27. The maximum Gasteiger partial charge on any atom is 0.335 e. The van der Waals surface area contributed by atoms with Crippen LogP contribution in [0.5, 0.6) is 0 Å². The highest BCUT2D eigenvalue weighted by molar-refractivity contribution is 6.43. The van der Waals surface area contributed by atoms with E-state index in [1.807, 2.05) is 0 Å². The number of hydrogen-bond donors (Lipinski definition) is 2. The van der Waals surface area contributed by atoms with Crippen LogP contribution in [0.2, 0.25) is 10.0 Å². The molecular weight excluding hydrogens is 315 g/mol. The van der Waals surface area contributed by atoms with Crippen LogP contribution in [0.1, 0.15) is 10.4 Å². The number of hydrogen-bond acceptors (Lipinski definition) is 2. The van der Waals surface area contributed by atoms with Crippen molar-refractivity contribution in [1.29, 1.82) is 0 Å². The van der Waals surface area contributed by atoms with Gasteiger partial charge in [-0.05, 0) is 30.3 Å². The van der Waals surface area contributed by atoms with Crippen LogP contribution in [-0.4, -0.2) is 20.6 Å². The van der Waals surface area contributed by atoms with Crippen molar-refractivity contribution in [2.45, 2.75) is 0 Å². The van der Waals surface area contributed by atoms with E-state index in [4.69, 9.17) is 28.3 Å². The van der Waals surface area contributed by atoms with Gasteiger partial charge in [-0.15, -0.1) is 0 Å². The lowest BCUT2D eigenvalue weighted by atomic mass is 10.2. The Morgan fingerprint density at radius 1 is 1.19 bits per heavy atom. The summed E-state index contributed by atoms with van der Waals surface area (Å²) in [6.45, 7) is 0. The lowest BCUT2D eigenvalue weighted by molar-refractivity contribution is 0.0697. The van der Waals surface area contributed by atoms with Crippen molar-refractivity contribution in [3.63, 3.8) is 0 Å². The number of benzene rings is 2. The Balaban J connectivity index is 2.39. The molecule has 106 valence electrons. The number of H-pyrrole nitrogens is 1. The first-order valence-electron chi connectivity index (χ1n) is 5.91. The number of halogens is 2. The average Bonchev–Trinajstić information content (AvgIpc) is 2.77. The minimum atomic E-state index is -1.07. The number of carboxylic acids is 1. The van der Waals surface area contributed by atoms with Crippen molar-refractivity contribution in [2.75, 3.05) is 0 Å². The quantitative estimate of drug-likeness (QED) is 0.759. The third-order valence-electron chi connectivity index (χ3n) is 3.10. The molecule has 3 aromatic rings. The second-order valence-corrected chi connectivity index (χ2v) is 5.16. The molecule has 0 aliphatic heterocycles. The summed E-state index contributed by atoms with van der Waals surface area (Å²) in [4.78, 5) is 25.9. The molecule has 0 bridgehead atoms. The summed E-state index contributed by atoms with van der Waals surface area (Å²) in [5.74, 6) is -1.07. The lowest BCUT2D eigenvalue weighted by Gasteiger charge is -2.07. The Morgan fingerprint density at radius 2 is 1.95 bits per heavy atom. The van der Waals surface area contributed by atoms with E-state index in [2.05, 4.69) is 4.98 Å². The minimum absolute atomic E-state index is 0.0772. The first-order valence-corrected chi connectivity index (χ1v) is 6.67. The van der Waals surface area contributed by atoms with E-state index in [0.29, 0.717) is 21.7 Å². The Morgan fingerprint density at radius 3 is 2.67 bits per heavy atom. The predicted molar refractivity (Wildman–Crippen MR) is 80.9 cm³/mol. The number of aromatic amines is 1. The van der Waals surface area contributed by atoms with Crippen molar-refractivity contribution in [3.8, 4) is 5.69 Å². The highest BCUT2D eigenvalue weighted by Crippen LogP contribution is 2.29. The summed E-state index contributed by atoms with van der Waals surface area (Å²) in [7, 11) is 0. The van der Waals surface area contributed by atoms with Crippen molar-refractivity contribution in [1.82, 2.24) is 9.55 Å². The molecule has 2 N–H and O–H groups in total. The Hall–Kier alpha value is -2.24. The number of rotatable bonds is 2. The third kappa shape index (κ3) is 2.20. The van der Waals surface area contributed by atoms with Crippen molar-refractivity contribution in [2.24, 2.45) is 0 Å². The highest BCUT2D eigenvalue weighted by Gasteiger charge is 2.15. The number of aromatic nitrogens is 2. The second kappa shape index (κ2) is 4.95. The predicted octanol–water partition coefficient (Wildman–Crippen LogP) is 3.32. The molecule has 0 spiro atoms. The van der Waals surface area contributed by atoms with E-state index < -0.39 is 11.7 Å². The van der Waals surface area contributed by atoms with E-state index in [1.54, 1.807) is 18.2 Å². The largest absolute Gasteiger partial charge is 0.478 e.